The predicted molar refractivity (Wildman–Crippen MR) is 115 cm³/mol. The summed E-state index contributed by atoms with van der Waals surface area (Å²) in [4.78, 5) is 21.9. The molecule has 0 bridgehead atoms. The van der Waals surface area contributed by atoms with Crippen molar-refractivity contribution in [1.29, 1.82) is 0 Å². The molecular formula is C23H22N4O3. The van der Waals surface area contributed by atoms with Crippen molar-refractivity contribution in [3.05, 3.63) is 78.1 Å². The molecule has 0 saturated heterocycles. The van der Waals surface area contributed by atoms with E-state index >= 15 is 0 Å². The summed E-state index contributed by atoms with van der Waals surface area (Å²) >= 11 is 0. The molecule has 1 atom stereocenters. The van der Waals surface area contributed by atoms with Gasteiger partial charge in [0.05, 0.1) is 6.04 Å². The van der Waals surface area contributed by atoms with Gasteiger partial charge in [-0.3, -0.25) is 4.79 Å². The van der Waals surface area contributed by atoms with Gasteiger partial charge in [-0.1, -0.05) is 18.2 Å². The highest BCUT2D eigenvalue weighted by Gasteiger charge is 2.17. The maximum absolute atomic E-state index is 12.6. The van der Waals surface area contributed by atoms with E-state index in [0.717, 1.165) is 22.2 Å². The Hall–Kier alpha value is -4.00. The number of para-hydroxylation sites is 1. The number of nitrogens with one attached hydrogen (secondary N) is 1. The van der Waals surface area contributed by atoms with Crippen LogP contribution in [0.5, 0.6) is 11.8 Å². The number of likely N-dealkylation sites (N-methyl/N-ethyl adjacent to an activating group) is 1. The number of benzene rings is 1. The molecule has 1 amide bonds. The second-order valence-corrected chi connectivity index (χ2v) is 7.11. The molecule has 0 saturated carbocycles. The molecule has 3 N–H and O–H groups in total. The Morgan fingerprint density at radius 2 is 1.87 bits per heavy atom. The van der Waals surface area contributed by atoms with Crippen molar-refractivity contribution in [3.8, 4) is 17.6 Å². The van der Waals surface area contributed by atoms with E-state index in [0.29, 0.717) is 5.82 Å². The van der Waals surface area contributed by atoms with Crippen LogP contribution >= 0.6 is 0 Å². The number of amides is 1. The molecule has 1 unspecified atom stereocenters. The number of aromatic amines is 1. The number of aromatic hydroxyl groups is 2. The molecule has 152 valence electrons. The zero-order valence-electron chi connectivity index (χ0n) is 16.6. The maximum atomic E-state index is 12.6. The fraction of sp³-hybridized carbons (Fsp3) is 0.130. The molecule has 3 heterocycles. The van der Waals surface area contributed by atoms with Crippen LogP contribution in [0.4, 0.5) is 0 Å². The Kier molecular flexibility index (Phi) is 5.02. The van der Waals surface area contributed by atoms with Gasteiger partial charge in [0.15, 0.2) is 11.8 Å². The maximum Gasteiger partial charge on any atom is 0.246 e. The van der Waals surface area contributed by atoms with E-state index in [1.807, 2.05) is 31.2 Å². The Bertz CT molecular complexity index is 1170. The lowest BCUT2D eigenvalue weighted by Crippen LogP contribution is -2.28. The lowest BCUT2D eigenvalue weighted by atomic mass is 10.2. The van der Waals surface area contributed by atoms with Gasteiger partial charge in [-0.05, 0) is 48.2 Å². The third-order valence-corrected chi connectivity index (χ3v) is 5.19. The summed E-state index contributed by atoms with van der Waals surface area (Å²) in [5.74, 6) is 0.0334. The molecule has 0 aliphatic heterocycles. The quantitative estimate of drug-likeness (QED) is 0.440. The van der Waals surface area contributed by atoms with E-state index < -0.39 is 0 Å². The Morgan fingerprint density at radius 1 is 1.13 bits per heavy atom. The second-order valence-electron chi connectivity index (χ2n) is 7.11. The van der Waals surface area contributed by atoms with Crippen LogP contribution in [-0.2, 0) is 4.79 Å². The fourth-order valence-electron chi connectivity index (χ4n) is 3.28. The van der Waals surface area contributed by atoms with E-state index in [1.165, 1.54) is 22.8 Å². The average molecular weight is 402 g/mol. The summed E-state index contributed by atoms with van der Waals surface area (Å²) in [7, 11) is 1.77. The SMILES string of the molecule is CC(c1cc2ccccc2[nH]1)N(C)C(=O)C=Cc1ccc(-n2c(O)ccc2O)nc1. The minimum Gasteiger partial charge on any atom is -0.494 e. The standard InChI is InChI=1S/C23H22N4O3/c1-15(19-13-17-5-3-4-6-18(17)25-19)26(2)21(28)10-8-16-7-9-20(24-14-16)27-22(29)11-12-23(27)30/h3-15,25,29-30H,1-2H3. The minimum atomic E-state index is -0.133. The normalized spacial score (nSPS) is 12.5. The monoisotopic (exact) mass is 402 g/mol. The second kappa shape index (κ2) is 7.79. The molecule has 0 radical (unpaired) electrons. The Balaban J connectivity index is 1.46. The number of nitrogens with zero attached hydrogens (tertiary/aromatic N) is 3. The topological polar surface area (TPSA) is 94.4 Å². The molecule has 0 fully saturated rings. The first-order valence-corrected chi connectivity index (χ1v) is 9.52. The lowest BCUT2D eigenvalue weighted by Gasteiger charge is -2.22. The van der Waals surface area contributed by atoms with Crippen LogP contribution in [0.15, 0.2) is 66.9 Å². The van der Waals surface area contributed by atoms with Crippen molar-refractivity contribution < 1.29 is 15.0 Å². The van der Waals surface area contributed by atoms with E-state index in [2.05, 4.69) is 16.0 Å². The summed E-state index contributed by atoms with van der Waals surface area (Å²) in [6, 6.07) is 16.1. The van der Waals surface area contributed by atoms with Gasteiger partial charge in [-0.2, -0.15) is 0 Å². The molecule has 7 heteroatoms. The number of carbonyl (C=O) groups excluding carboxylic acids is 1. The van der Waals surface area contributed by atoms with Crippen molar-refractivity contribution >= 4 is 22.9 Å². The van der Waals surface area contributed by atoms with Crippen molar-refractivity contribution in [2.75, 3.05) is 7.05 Å². The molecule has 4 aromatic rings. The first-order chi connectivity index (χ1) is 14.4. The number of hydrogen-bond donors (Lipinski definition) is 3. The fourth-order valence-corrected chi connectivity index (χ4v) is 3.28. The van der Waals surface area contributed by atoms with Crippen LogP contribution < -0.4 is 0 Å². The van der Waals surface area contributed by atoms with Gasteiger partial charge in [-0.15, -0.1) is 0 Å². The molecule has 3 aromatic heterocycles. The molecular weight excluding hydrogens is 380 g/mol. The van der Waals surface area contributed by atoms with Gasteiger partial charge < -0.3 is 20.1 Å². The van der Waals surface area contributed by atoms with E-state index in [-0.39, 0.29) is 23.7 Å². The first-order valence-electron chi connectivity index (χ1n) is 9.52. The number of pyridine rings is 1. The zero-order chi connectivity index (χ0) is 21.3. The number of rotatable bonds is 5. The third kappa shape index (κ3) is 3.65. The third-order valence-electron chi connectivity index (χ3n) is 5.19. The van der Waals surface area contributed by atoms with Gasteiger partial charge in [-0.25, -0.2) is 9.55 Å². The van der Waals surface area contributed by atoms with Crippen molar-refractivity contribution in [2.45, 2.75) is 13.0 Å². The summed E-state index contributed by atoms with van der Waals surface area (Å²) in [6.45, 7) is 1.98. The Morgan fingerprint density at radius 3 is 2.53 bits per heavy atom. The molecule has 30 heavy (non-hydrogen) atoms. The molecule has 0 aliphatic rings. The van der Waals surface area contributed by atoms with E-state index in [4.69, 9.17) is 0 Å². The van der Waals surface area contributed by atoms with Crippen LogP contribution in [0, 0.1) is 0 Å². The van der Waals surface area contributed by atoms with Crippen LogP contribution in [0.2, 0.25) is 0 Å². The number of aromatic nitrogens is 3. The highest BCUT2D eigenvalue weighted by molar-refractivity contribution is 5.92. The molecule has 0 spiro atoms. The van der Waals surface area contributed by atoms with E-state index in [9.17, 15) is 15.0 Å². The van der Waals surface area contributed by atoms with Crippen LogP contribution in [0.1, 0.15) is 24.2 Å². The van der Waals surface area contributed by atoms with Gasteiger partial charge in [0, 0.05) is 42.7 Å². The minimum absolute atomic E-state index is 0.106. The van der Waals surface area contributed by atoms with Crippen LogP contribution in [-0.4, -0.2) is 42.6 Å². The predicted octanol–water partition coefficient (Wildman–Crippen LogP) is 4.00. The number of fused-ring (bicyclic) bond motifs is 1. The summed E-state index contributed by atoms with van der Waals surface area (Å²) in [5, 5.41) is 20.7. The van der Waals surface area contributed by atoms with Crippen molar-refractivity contribution in [3.63, 3.8) is 0 Å². The van der Waals surface area contributed by atoms with Gasteiger partial charge in [0.2, 0.25) is 5.91 Å². The molecule has 0 aliphatic carbocycles. The van der Waals surface area contributed by atoms with E-state index in [1.54, 1.807) is 36.4 Å². The summed E-state index contributed by atoms with van der Waals surface area (Å²) in [5.41, 5.74) is 2.74. The first kappa shape index (κ1) is 19.3. The molecule has 7 nitrogen and oxygen atoms in total. The molecule has 4 rings (SSSR count). The smallest absolute Gasteiger partial charge is 0.246 e. The highest BCUT2D eigenvalue weighted by Crippen LogP contribution is 2.26. The van der Waals surface area contributed by atoms with Crippen LogP contribution in [0.25, 0.3) is 22.8 Å². The van der Waals surface area contributed by atoms with Gasteiger partial charge in [0.25, 0.3) is 0 Å². The zero-order valence-corrected chi connectivity index (χ0v) is 16.6. The van der Waals surface area contributed by atoms with Crippen molar-refractivity contribution in [1.82, 2.24) is 19.4 Å². The highest BCUT2D eigenvalue weighted by atomic mass is 16.3. The van der Waals surface area contributed by atoms with Crippen molar-refractivity contribution in [2.24, 2.45) is 0 Å². The summed E-state index contributed by atoms with van der Waals surface area (Å²) < 4.78 is 1.22. The number of hydrogen-bond acceptors (Lipinski definition) is 4. The molecule has 1 aromatic carbocycles. The number of H-pyrrole nitrogens is 1. The summed E-state index contributed by atoms with van der Waals surface area (Å²) in [6.07, 6.45) is 4.75. The number of carbonyl (C=O) groups is 1. The lowest BCUT2D eigenvalue weighted by molar-refractivity contribution is -0.126. The largest absolute Gasteiger partial charge is 0.494 e. The van der Waals surface area contributed by atoms with Gasteiger partial charge in [0.1, 0.15) is 5.82 Å². The van der Waals surface area contributed by atoms with Gasteiger partial charge >= 0.3 is 0 Å². The van der Waals surface area contributed by atoms with Crippen LogP contribution in [0.3, 0.4) is 0 Å². The average Bonchev–Trinajstić information content (AvgIpc) is 3.34. The Labute approximate surface area is 173 Å².